The van der Waals surface area contributed by atoms with E-state index in [9.17, 15) is 0 Å². The van der Waals surface area contributed by atoms with E-state index in [0.29, 0.717) is 0 Å². The Labute approximate surface area is 124 Å². The third kappa shape index (κ3) is 3.81. The molecule has 2 heterocycles. The molecule has 1 aliphatic carbocycles. The molecule has 1 aliphatic rings. The van der Waals surface area contributed by atoms with Crippen LogP contribution < -0.4 is 10.2 Å². The van der Waals surface area contributed by atoms with Crippen molar-refractivity contribution in [2.45, 2.75) is 31.8 Å². The number of aromatic nitrogens is 1. The zero-order valence-corrected chi connectivity index (χ0v) is 12.7. The van der Waals surface area contributed by atoms with Gasteiger partial charge in [0.15, 0.2) is 0 Å². The highest BCUT2D eigenvalue weighted by Crippen LogP contribution is 2.19. The molecule has 0 amide bonds. The largest absolute Gasteiger partial charge is 0.359 e. The molecular formula is C16H21N3S. The molecule has 0 radical (unpaired) electrons. The number of likely N-dealkylation sites (N-methyl/N-ethyl adjacent to an activating group) is 1. The first-order chi connectivity index (χ1) is 9.81. The fourth-order valence-corrected chi connectivity index (χ4v) is 2.86. The van der Waals surface area contributed by atoms with Crippen molar-refractivity contribution in [2.75, 3.05) is 18.5 Å². The number of pyridine rings is 1. The highest BCUT2D eigenvalue weighted by molar-refractivity contribution is 7.09. The fourth-order valence-electron chi connectivity index (χ4n) is 2.16. The van der Waals surface area contributed by atoms with Crippen molar-refractivity contribution < 1.29 is 0 Å². The molecule has 0 bridgehead atoms. The number of thiophene rings is 1. The van der Waals surface area contributed by atoms with Crippen molar-refractivity contribution in [1.82, 2.24) is 10.3 Å². The van der Waals surface area contributed by atoms with E-state index in [-0.39, 0.29) is 0 Å². The number of rotatable bonds is 7. The second-order valence-electron chi connectivity index (χ2n) is 5.39. The Balaban J connectivity index is 1.55. The lowest BCUT2D eigenvalue weighted by atomic mass is 10.3. The highest BCUT2D eigenvalue weighted by atomic mass is 32.1. The molecule has 20 heavy (non-hydrogen) atoms. The summed E-state index contributed by atoms with van der Waals surface area (Å²) in [6.07, 6.45) is 3.72. The molecule has 0 atom stereocenters. The summed E-state index contributed by atoms with van der Waals surface area (Å²) in [7, 11) is 2.12. The van der Waals surface area contributed by atoms with Gasteiger partial charge in [0.25, 0.3) is 0 Å². The van der Waals surface area contributed by atoms with Crippen LogP contribution >= 0.6 is 11.3 Å². The Morgan fingerprint density at radius 3 is 2.95 bits per heavy atom. The van der Waals surface area contributed by atoms with E-state index in [1.54, 1.807) is 0 Å². The second-order valence-corrected chi connectivity index (χ2v) is 6.43. The normalized spacial score (nSPS) is 14.4. The van der Waals surface area contributed by atoms with Crippen molar-refractivity contribution in [3.8, 4) is 0 Å². The van der Waals surface area contributed by atoms with Gasteiger partial charge in [-0.05, 0) is 42.8 Å². The maximum absolute atomic E-state index is 4.74. The number of nitrogens with one attached hydrogen (secondary N) is 1. The molecule has 3 rings (SSSR count). The first-order valence-electron chi connectivity index (χ1n) is 7.24. The predicted molar refractivity (Wildman–Crippen MR) is 85.4 cm³/mol. The first-order valence-corrected chi connectivity index (χ1v) is 8.12. The number of hydrogen-bond acceptors (Lipinski definition) is 4. The monoisotopic (exact) mass is 287 g/mol. The number of nitrogens with zero attached hydrogens (tertiary/aromatic N) is 2. The summed E-state index contributed by atoms with van der Waals surface area (Å²) >= 11 is 1.82. The summed E-state index contributed by atoms with van der Waals surface area (Å²) in [4.78, 5) is 8.41. The van der Waals surface area contributed by atoms with E-state index in [1.807, 2.05) is 11.3 Å². The average molecular weight is 287 g/mol. The molecule has 0 spiro atoms. The van der Waals surface area contributed by atoms with Crippen LogP contribution in [-0.2, 0) is 13.0 Å². The van der Waals surface area contributed by atoms with Crippen LogP contribution in [0.15, 0.2) is 35.7 Å². The third-order valence-electron chi connectivity index (χ3n) is 3.61. The van der Waals surface area contributed by atoms with Crippen LogP contribution in [0, 0.1) is 0 Å². The SMILES string of the molecule is CN(CCc1cccs1)c1cccc(CNC2CC2)n1. The summed E-state index contributed by atoms with van der Waals surface area (Å²) in [5.74, 6) is 1.07. The molecule has 106 valence electrons. The van der Waals surface area contributed by atoms with Crippen LogP contribution in [0.1, 0.15) is 23.4 Å². The molecule has 4 heteroatoms. The van der Waals surface area contributed by atoms with Crippen molar-refractivity contribution in [3.05, 3.63) is 46.3 Å². The summed E-state index contributed by atoms with van der Waals surface area (Å²) in [6, 6.07) is 11.3. The molecular weight excluding hydrogens is 266 g/mol. The topological polar surface area (TPSA) is 28.2 Å². The summed E-state index contributed by atoms with van der Waals surface area (Å²) in [5.41, 5.74) is 1.14. The van der Waals surface area contributed by atoms with Crippen LogP contribution in [0.3, 0.4) is 0 Å². The molecule has 0 saturated heterocycles. The standard InChI is InChI=1S/C16H21N3S/c1-19(10-9-15-5-3-11-20-15)16-6-2-4-14(18-16)12-17-13-7-8-13/h2-6,11,13,17H,7-10,12H2,1H3. The molecule has 3 nitrogen and oxygen atoms in total. The Morgan fingerprint density at radius 2 is 2.20 bits per heavy atom. The maximum Gasteiger partial charge on any atom is 0.128 e. The van der Waals surface area contributed by atoms with Gasteiger partial charge in [0.05, 0.1) is 5.69 Å². The van der Waals surface area contributed by atoms with Gasteiger partial charge in [0.1, 0.15) is 5.82 Å². The van der Waals surface area contributed by atoms with Crippen molar-refractivity contribution in [3.63, 3.8) is 0 Å². The fraction of sp³-hybridized carbons (Fsp3) is 0.438. The molecule has 1 saturated carbocycles. The Kier molecular flexibility index (Phi) is 4.33. The van der Waals surface area contributed by atoms with Gasteiger partial charge in [0.2, 0.25) is 0 Å². The maximum atomic E-state index is 4.74. The van der Waals surface area contributed by atoms with Gasteiger partial charge in [-0.2, -0.15) is 0 Å². The average Bonchev–Trinajstić information content (AvgIpc) is 3.17. The quantitative estimate of drug-likeness (QED) is 0.848. The zero-order chi connectivity index (χ0) is 13.8. The van der Waals surface area contributed by atoms with E-state index < -0.39 is 0 Å². The lowest BCUT2D eigenvalue weighted by Gasteiger charge is -2.18. The molecule has 0 aliphatic heterocycles. The minimum atomic E-state index is 0.733. The van der Waals surface area contributed by atoms with Gasteiger partial charge in [-0.1, -0.05) is 12.1 Å². The van der Waals surface area contributed by atoms with E-state index in [0.717, 1.165) is 37.1 Å². The Hall–Kier alpha value is -1.39. The van der Waals surface area contributed by atoms with Crippen molar-refractivity contribution in [1.29, 1.82) is 0 Å². The van der Waals surface area contributed by atoms with Crippen LogP contribution in [0.4, 0.5) is 5.82 Å². The lowest BCUT2D eigenvalue weighted by molar-refractivity contribution is 0.673. The molecule has 2 aromatic rings. The minimum Gasteiger partial charge on any atom is -0.359 e. The van der Waals surface area contributed by atoms with E-state index in [4.69, 9.17) is 4.98 Å². The smallest absolute Gasteiger partial charge is 0.128 e. The van der Waals surface area contributed by atoms with Gasteiger partial charge >= 0.3 is 0 Å². The predicted octanol–water partition coefficient (Wildman–Crippen LogP) is 3.07. The second kappa shape index (κ2) is 6.37. The van der Waals surface area contributed by atoms with E-state index in [2.05, 4.69) is 53.0 Å². The van der Waals surface area contributed by atoms with Crippen molar-refractivity contribution in [2.24, 2.45) is 0 Å². The van der Waals surface area contributed by atoms with Gasteiger partial charge in [-0.25, -0.2) is 4.98 Å². The summed E-state index contributed by atoms with van der Waals surface area (Å²) in [6.45, 7) is 1.89. The van der Waals surface area contributed by atoms with Crippen LogP contribution in [0.5, 0.6) is 0 Å². The van der Waals surface area contributed by atoms with Gasteiger partial charge in [0, 0.05) is 31.1 Å². The number of anilines is 1. The lowest BCUT2D eigenvalue weighted by Crippen LogP contribution is -2.22. The Morgan fingerprint density at radius 1 is 1.30 bits per heavy atom. The summed E-state index contributed by atoms with van der Waals surface area (Å²) in [5, 5.41) is 5.65. The van der Waals surface area contributed by atoms with Gasteiger partial charge < -0.3 is 10.2 Å². The minimum absolute atomic E-state index is 0.733. The van der Waals surface area contributed by atoms with E-state index in [1.165, 1.54) is 17.7 Å². The Bertz CT molecular complexity index is 534. The highest BCUT2D eigenvalue weighted by Gasteiger charge is 2.20. The first kappa shape index (κ1) is 13.6. The van der Waals surface area contributed by atoms with Crippen LogP contribution in [0.2, 0.25) is 0 Å². The number of hydrogen-bond donors (Lipinski definition) is 1. The summed E-state index contributed by atoms with van der Waals surface area (Å²) < 4.78 is 0. The van der Waals surface area contributed by atoms with Crippen molar-refractivity contribution >= 4 is 17.2 Å². The molecule has 1 fully saturated rings. The third-order valence-corrected chi connectivity index (χ3v) is 4.54. The molecule has 1 N–H and O–H groups in total. The van der Waals surface area contributed by atoms with E-state index >= 15 is 0 Å². The van der Waals surface area contributed by atoms with Gasteiger partial charge in [-0.15, -0.1) is 11.3 Å². The zero-order valence-electron chi connectivity index (χ0n) is 11.9. The van der Waals surface area contributed by atoms with Gasteiger partial charge in [-0.3, -0.25) is 0 Å². The molecule has 0 unspecified atom stereocenters. The van der Waals surface area contributed by atoms with Crippen LogP contribution in [0.25, 0.3) is 0 Å². The molecule has 2 aromatic heterocycles. The van der Waals surface area contributed by atoms with Crippen LogP contribution in [-0.4, -0.2) is 24.6 Å². The molecule has 0 aromatic carbocycles.